The molecule has 6 nitrogen and oxygen atoms in total. The lowest BCUT2D eigenvalue weighted by molar-refractivity contribution is -0.145. The van der Waals surface area contributed by atoms with Crippen molar-refractivity contribution < 1.29 is 9.59 Å². The van der Waals surface area contributed by atoms with Crippen molar-refractivity contribution in [2.45, 2.75) is 19.4 Å². The number of halogens is 2. The summed E-state index contributed by atoms with van der Waals surface area (Å²) in [6.07, 6.45) is 1.77. The number of amides is 2. The maximum absolute atomic E-state index is 12.9. The quantitative estimate of drug-likeness (QED) is 0.597. The molecule has 1 atom stereocenters. The Kier molecular flexibility index (Phi) is 4.94. The summed E-state index contributed by atoms with van der Waals surface area (Å²) in [5, 5.41) is 7.38. The predicted octanol–water partition coefficient (Wildman–Crippen LogP) is 2.60. The Labute approximate surface area is 161 Å². The summed E-state index contributed by atoms with van der Waals surface area (Å²) < 4.78 is 1.64. The molecule has 0 aliphatic carbocycles. The number of likely N-dealkylation sites (N-methyl/N-ethyl adjacent to an activating group) is 1. The number of aryl methyl sites for hydroxylation is 1. The van der Waals surface area contributed by atoms with Crippen LogP contribution in [0.1, 0.15) is 29.7 Å². The van der Waals surface area contributed by atoms with Crippen molar-refractivity contribution in [2.75, 3.05) is 7.05 Å². The molecule has 1 unspecified atom stereocenters. The van der Waals surface area contributed by atoms with E-state index in [1.54, 1.807) is 50.1 Å². The molecule has 2 aromatic rings. The number of aromatic nitrogens is 2. The first-order chi connectivity index (χ1) is 12.3. The van der Waals surface area contributed by atoms with Crippen LogP contribution in [0.3, 0.4) is 0 Å². The van der Waals surface area contributed by atoms with Gasteiger partial charge in [-0.05, 0) is 25.1 Å². The predicted molar refractivity (Wildman–Crippen MR) is 98.3 cm³/mol. The van der Waals surface area contributed by atoms with Crippen molar-refractivity contribution in [3.05, 3.63) is 51.3 Å². The number of hydrogen-bond acceptors (Lipinski definition) is 3. The Morgan fingerprint density at radius 3 is 2.35 bits per heavy atom. The molecule has 2 amide bonds. The maximum atomic E-state index is 12.9. The Balaban J connectivity index is 1.97. The van der Waals surface area contributed by atoms with Crippen LogP contribution >= 0.6 is 23.2 Å². The van der Waals surface area contributed by atoms with Gasteiger partial charge in [-0.2, -0.15) is 5.10 Å². The maximum Gasteiger partial charge on any atom is 0.258 e. The van der Waals surface area contributed by atoms with E-state index < -0.39 is 5.92 Å². The van der Waals surface area contributed by atoms with Crippen LogP contribution in [-0.4, -0.2) is 38.7 Å². The second kappa shape index (κ2) is 7.02. The zero-order valence-corrected chi connectivity index (χ0v) is 16.0. The highest BCUT2D eigenvalue weighted by Crippen LogP contribution is 2.38. The largest absolute Gasteiger partial charge is 0.275 e. The Hall–Kier alpha value is -2.49. The monoisotopic (exact) mass is 390 g/mol. The first-order valence-corrected chi connectivity index (χ1v) is 8.58. The highest BCUT2D eigenvalue weighted by atomic mass is 35.5. The first kappa shape index (κ1) is 18.3. The number of carbonyl (C=O) groups excluding carboxylic acids is 2. The van der Waals surface area contributed by atoms with E-state index in [0.29, 0.717) is 16.8 Å². The number of carbonyl (C=O) groups is 2. The van der Waals surface area contributed by atoms with Gasteiger partial charge < -0.3 is 0 Å². The van der Waals surface area contributed by atoms with Crippen LogP contribution < -0.4 is 0 Å². The van der Waals surface area contributed by atoms with Gasteiger partial charge >= 0.3 is 0 Å². The molecular weight excluding hydrogens is 375 g/mol. The summed E-state index contributed by atoms with van der Waals surface area (Å²) >= 11 is 12.7. The van der Waals surface area contributed by atoms with Gasteiger partial charge in [0, 0.05) is 41.5 Å². The van der Waals surface area contributed by atoms with Crippen LogP contribution in [0, 0.1) is 11.8 Å². The fourth-order valence-corrected chi connectivity index (χ4v) is 3.62. The fraction of sp³-hybridized carbons (Fsp3) is 0.278. The molecule has 0 bridgehead atoms. The SMILES string of the molecule is CC#Cc1cc(Cl)c(C2C(=O)N(C)N(Cc3ccn(C)n3)C2=O)c(Cl)c1. The van der Waals surface area contributed by atoms with Crippen molar-refractivity contribution in [3.8, 4) is 11.8 Å². The molecule has 26 heavy (non-hydrogen) atoms. The van der Waals surface area contributed by atoms with Crippen molar-refractivity contribution in [2.24, 2.45) is 7.05 Å². The molecule has 1 aliphatic heterocycles. The highest BCUT2D eigenvalue weighted by Gasteiger charge is 2.46. The standard InChI is InChI=1S/C18H16Cl2N4O2/c1-4-5-11-8-13(19)15(14(20)9-11)16-17(25)23(3)24(18(16)26)10-12-6-7-22(2)21-12/h6-9,16H,10H2,1-3H3. The summed E-state index contributed by atoms with van der Waals surface area (Å²) in [5.41, 5.74) is 1.61. The van der Waals surface area contributed by atoms with Gasteiger partial charge in [0.1, 0.15) is 5.92 Å². The Morgan fingerprint density at radius 1 is 1.15 bits per heavy atom. The molecule has 0 saturated carbocycles. The van der Waals surface area contributed by atoms with E-state index >= 15 is 0 Å². The lowest BCUT2D eigenvalue weighted by atomic mass is 9.97. The third-order valence-corrected chi connectivity index (χ3v) is 4.77. The molecule has 1 aromatic heterocycles. The van der Waals surface area contributed by atoms with E-state index in [2.05, 4.69) is 16.9 Å². The first-order valence-electron chi connectivity index (χ1n) is 7.82. The van der Waals surface area contributed by atoms with Gasteiger partial charge in [0.05, 0.1) is 12.2 Å². The van der Waals surface area contributed by atoms with Gasteiger partial charge in [-0.3, -0.25) is 19.3 Å². The van der Waals surface area contributed by atoms with Crippen molar-refractivity contribution in [1.82, 2.24) is 19.8 Å². The van der Waals surface area contributed by atoms with Gasteiger partial charge in [-0.25, -0.2) is 5.01 Å². The van der Waals surface area contributed by atoms with Crippen LogP contribution in [0.15, 0.2) is 24.4 Å². The Morgan fingerprint density at radius 2 is 1.81 bits per heavy atom. The van der Waals surface area contributed by atoms with Crippen molar-refractivity contribution in [3.63, 3.8) is 0 Å². The molecule has 3 rings (SSSR count). The molecule has 0 spiro atoms. The highest BCUT2D eigenvalue weighted by molar-refractivity contribution is 6.37. The van der Waals surface area contributed by atoms with Crippen LogP contribution in [-0.2, 0) is 23.2 Å². The van der Waals surface area contributed by atoms with E-state index in [1.807, 2.05) is 0 Å². The second-order valence-electron chi connectivity index (χ2n) is 5.90. The van der Waals surface area contributed by atoms with Crippen LogP contribution in [0.25, 0.3) is 0 Å². The third kappa shape index (κ3) is 3.16. The van der Waals surface area contributed by atoms with E-state index in [1.165, 1.54) is 10.0 Å². The van der Waals surface area contributed by atoms with E-state index in [4.69, 9.17) is 23.2 Å². The molecule has 1 saturated heterocycles. The van der Waals surface area contributed by atoms with E-state index in [9.17, 15) is 9.59 Å². The molecular formula is C18H16Cl2N4O2. The lowest BCUT2D eigenvalue weighted by Gasteiger charge is -2.22. The normalized spacial score (nSPS) is 16.9. The van der Waals surface area contributed by atoms with Gasteiger partial charge in [-0.15, -0.1) is 5.92 Å². The third-order valence-electron chi connectivity index (χ3n) is 4.15. The summed E-state index contributed by atoms with van der Waals surface area (Å²) in [7, 11) is 3.33. The van der Waals surface area contributed by atoms with Gasteiger partial charge in [0.15, 0.2) is 0 Å². The number of rotatable bonds is 3. The lowest BCUT2D eigenvalue weighted by Crippen LogP contribution is -2.37. The van der Waals surface area contributed by atoms with Gasteiger partial charge in [0.25, 0.3) is 11.8 Å². The smallest absolute Gasteiger partial charge is 0.258 e. The van der Waals surface area contributed by atoms with Crippen LogP contribution in [0.2, 0.25) is 10.0 Å². The van der Waals surface area contributed by atoms with Gasteiger partial charge in [-0.1, -0.05) is 29.1 Å². The number of benzene rings is 1. The topological polar surface area (TPSA) is 58.4 Å². The zero-order valence-electron chi connectivity index (χ0n) is 14.5. The molecule has 134 valence electrons. The van der Waals surface area contributed by atoms with E-state index in [0.717, 1.165) is 0 Å². The minimum absolute atomic E-state index is 0.188. The number of nitrogens with zero attached hydrogens (tertiary/aromatic N) is 4. The average molecular weight is 391 g/mol. The molecule has 1 aliphatic rings. The molecule has 0 N–H and O–H groups in total. The second-order valence-corrected chi connectivity index (χ2v) is 6.71. The minimum Gasteiger partial charge on any atom is -0.275 e. The summed E-state index contributed by atoms with van der Waals surface area (Å²) in [6, 6.07) is 5.01. The summed E-state index contributed by atoms with van der Waals surface area (Å²) in [6.45, 7) is 1.89. The Bertz CT molecular complexity index is 935. The number of hydrazine groups is 1. The number of hydrogen-bond donors (Lipinski definition) is 0. The minimum atomic E-state index is -1.08. The summed E-state index contributed by atoms with van der Waals surface area (Å²) in [5.74, 6) is 3.77. The molecule has 0 radical (unpaired) electrons. The molecule has 1 aromatic carbocycles. The fourth-order valence-electron chi connectivity index (χ4n) is 2.92. The van der Waals surface area contributed by atoms with Crippen molar-refractivity contribution in [1.29, 1.82) is 0 Å². The summed E-state index contributed by atoms with van der Waals surface area (Å²) in [4.78, 5) is 25.7. The van der Waals surface area contributed by atoms with Crippen LogP contribution in [0.5, 0.6) is 0 Å². The van der Waals surface area contributed by atoms with Crippen molar-refractivity contribution >= 4 is 35.0 Å². The zero-order chi connectivity index (χ0) is 19.0. The van der Waals surface area contributed by atoms with Crippen LogP contribution in [0.4, 0.5) is 0 Å². The van der Waals surface area contributed by atoms with E-state index in [-0.39, 0.29) is 28.4 Å². The average Bonchev–Trinajstić information content (AvgIpc) is 3.07. The molecule has 2 heterocycles. The molecule has 8 heteroatoms. The molecule has 1 fully saturated rings. The van der Waals surface area contributed by atoms with Gasteiger partial charge in [0.2, 0.25) is 0 Å².